The molecule has 0 aromatic heterocycles. The molecule has 0 radical (unpaired) electrons. The normalized spacial score (nSPS) is 18.4. The number of hydrogen-bond acceptors (Lipinski definition) is 4. The largest absolute Gasteiger partial charge is 1.00 e. The molecule has 0 atom stereocenters. The van der Waals surface area contributed by atoms with Gasteiger partial charge < -0.3 is 9.90 Å². The topological polar surface area (TPSA) is 58.6 Å². The molecule has 0 bridgehead atoms. The van der Waals surface area contributed by atoms with Crippen molar-refractivity contribution in [2.75, 3.05) is 13.2 Å². The summed E-state index contributed by atoms with van der Waals surface area (Å²) in [6, 6.07) is 0. The van der Waals surface area contributed by atoms with Gasteiger partial charge in [0.25, 0.3) is 0 Å². The molecule has 0 spiro atoms. The Labute approximate surface area is 126 Å². The van der Waals surface area contributed by atoms with Gasteiger partial charge in [-0.05, 0) is 19.8 Å². The molecular weight excluding hydrogens is 231 g/mol. The van der Waals surface area contributed by atoms with Crippen molar-refractivity contribution in [3.05, 3.63) is 0 Å². The summed E-state index contributed by atoms with van der Waals surface area (Å²) in [7, 11) is 0. The van der Waals surface area contributed by atoms with E-state index in [0.29, 0.717) is 0 Å². The monoisotopic (exact) mass is 254 g/mol. The summed E-state index contributed by atoms with van der Waals surface area (Å²) in [4.78, 5) is 18.9. The summed E-state index contributed by atoms with van der Waals surface area (Å²) in [5.74, 6) is -1.08. The van der Waals surface area contributed by atoms with E-state index in [1.165, 1.54) is 38.5 Å². The van der Waals surface area contributed by atoms with E-state index in [2.05, 4.69) is 0 Å². The standard InChI is InChI=1S/C10H20O2.C2H4O2.Na/c1-2-4-6-8-10-12-11-9-7-5-3-1;1-2(3)4;/h1-10H2;1H3,(H,3,4);/q;;+1/p-1. The summed E-state index contributed by atoms with van der Waals surface area (Å²) in [5.41, 5.74) is 0. The minimum absolute atomic E-state index is 0. The predicted octanol–water partition coefficient (Wildman–Crippen LogP) is -1.17. The van der Waals surface area contributed by atoms with E-state index in [0.717, 1.165) is 33.0 Å². The van der Waals surface area contributed by atoms with Gasteiger partial charge in [0.1, 0.15) is 0 Å². The zero-order valence-electron chi connectivity index (χ0n) is 11.2. The Bertz CT molecular complexity index is 118. The first-order valence-corrected chi connectivity index (χ1v) is 6.15. The van der Waals surface area contributed by atoms with Crippen molar-refractivity contribution in [2.24, 2.45) is 0 Å². The van der Waals surface area contributed by atoms with Gasteiger partial charge in [-0.3, -0.25) is 0 Å². The van der Waals surface area contributed by atoms with Crippen molar-refractivity contribution in [1.82, 2.24) is 0 Å². The molecule has 17 heavy (non-hydrogen) atoms. The first-order chi connectivity index (χ1) is 7.73. The molecule has 0 amide bonds. The van der Waals surface area contributed by atoms with Crippen LogP contribution in [0.25, 0.3) is 0 Å². The average Bonchev–Trinajstić information content (AvgIpc) is 2.17. The molecule has 1 aliphatic heterocycles. The van der Waals surface area contributed by atoms with Gasteiger partial charge >= 0.3 is 29.6 Å². The van der Waals surface area contributed by atoms with Crippen LogP contribution in [-0.2, 0) is 14.6 Å². The molecule has 1 fully saturated rings. The van der Waals surface area contributed by atoms with Crippen molar-refractivity contribution >= 4 is 5.97 Å². The first-order valence-electron chi connectivity index (χ1n) is 6.15. The van der Waals surface area contributed by atoms with Gasteiger partial charge in [-0.2, -0.15) is 0 Å². The molecule has 96 valence electrons. The second kappa shape index (κ2) is 16.4. The Morgan fingerprint density at radius 1 is 0.824 bits per heavy atom. The number of aliphatic carboxylic acids is 1. The number of hydrogen-bond donors (Lipinski definition) is 0. The van der Waals surface area contributed by atoms with Crippen LogP contribution in [0.1, 0.15) is 58.3 Å². The molecule has 1 saturated heterocycles. The number of carbonyl (C=O) groups is 1. The van der Waals surface area contributed by atoms with Crippen molar-refractivity contribution in [1.29, 1.82) is 0 Å². The Kier molecular flexibility index (Phi) is 19.0. The van der Waals surface area contributed by atoms with E-state index in [1.807, 2.05) is 0 Å². The van der Waals surface area contributed by atoms with Crippen molar-refractivity contribution in [3.8, 4) is 0 Å². The molecule has 0 N–H and O–H groups in total. The maximum atomic E-state index is 8.89. The van der Waals surface area contributed by atoms with Crippen LogP contribution < -0.4 is 34.7 Å². The van der Waals surface area contributed by atoms with Gasteiger partial charge in [-0.1, -0.05) is 38.5 Å². The van der Waals surface area contributed by atoms with Crippen LogP contribution in [0, 0.1) is 0 Å². The van der Waals surface area contributed by atoms with Gasteiger partial charge in [-0.25, -0.2) is 9.78 Å². The van der Waals surface area contributed by atoms with Crippen molar-refractivity contribution in [2.45, 2.75) is 58.3 Å². The molecule has 4 nitrogen and oxygen atoms in total. The molecule has 0 unspecified atom stereocenters. The Morgan fingerprint density at radius 3 is 1.35 bits per heavy atom. The minimum Gasteiger partial charge on any atom is -0.550 e. The fraction of sp³-hybridized carbons (Fsp3) is 0.917. The number of carboxylic acid groups (broad SMARTS) is 1. The molecule has 5 heteroatoms. The molecule has 1 heterocycles. The van der Waals surface area contributed by atoms with Crippen LogP contribution in [0.3, 0.4) is 0 Å². The maximum Gasteiger partial charge on any atom is 1.00 e. The summed E-state index contributed by atoms with van der Waals surface area (Å²) >= 11 is 0. The molecular formula is C12H23NaO4. The van der Waals surface area contributed by atoms with Gasteiger partial charge in [0, 0.05) is 5.97 Å². The van der Waals surface area contributed by atoms with Crippen LogP contribution in [0.4, 0.5) is 0 Å². The number of carboxylic acids is 1. The third kappa shape index (κ3) is 22.1. The average molecular weight is 254 g/mol. The quantitative estimate of drug-likeness (QED) is 0.404. The Balaban J connectivity index is 0. The second-order valence-corrected chi connectivity index (χ2v) is 3.96. The molecule has 0 aromatic rings. The third-order valence-corrected chi connectivity index (χ3v) is 2.29. The van der Waals surface area contributed by atoms with Crippen LogP contribution >= 0.6 is 0 Å². The van der Waals surface area contributed by atoms with Crippen LogP contribution in [0.15, 0.2) is 0 Å². The molecule has 0 aromatic carbocycles. The minimum atomic E-state index is -1.08. The molecule has 1 aliphatic rings. The van der Waals surface area contributed by atoms with Gasteiger partial charge in [0.15, 0.2) is 0 Å². The molecule has 1 rings (SSSR count). The summed E-state index contributed by atoms with van der Waals surface area (Å²) < 4.78 is 0. The zero-order chi connectivity index (χ0) is 12.1. The fourth-order valence-corrected chi connectivity index (χ4v) is 1.50. The van der Waals surface area contributed by atoms with E-state index in [4.69, 9.17) is 19.7 Å². The molecule has 0 saturated carbocycles. The summed E-state index contributed by atoms with van der Waals surface area (Å²) in [6.07, 6.45) is 10.4. The Morgan fingerprint density at radius 2 is 1.06 bits per heavy atom. The number of rotatable bonds is 0. The van der Waals surface area contributed by atoms with Gasteiger partial charge in [0.05, 0.1) is 13.2 Å². The van der Waals surface area contributed by atoms with Gasteiger partial charge in [-0.15, -0.1) is 0 Å². The van der Waals surface area contributed by atoms with Gasteiger partial charge in [0.2, 0.25) is 0 Å². The summed E-state index contributed by atoms with van der Waals surface area (Å²) in [5, 5.41) is 8.89. The third-order valence-electron chi connectivity index (χ3n) is 2.29. The van der Waals surface area contributed by atoms with E-state index in [-0.39, 0.29) is 29.6 Å². The Hall–Kier alpha value is 0.390. The SMILES string of the molecule is C1CCCCCOOCCCC1.CC(=O)[O-].[Na+]. The predicted molar refractivity (Wildman–Crippen MR) is 59.5 cm³/mol. The zero-order valence-corrected chi connectivity index (χ0v) is 13.2. The second-order valence-electron chi connectivity index (χ2n) is 3.96. The summed E-state index contributed by atoms with van der Waals surface area (Å²) in [6.45, 7) is 2.53. The first kappa shape index (κ1) is 19.7. The van der Waals surface area contributed by atoms with E-state index in [1.54, 1.807) is 0 Å². The molecule has 0 aliphatic carbocycles. The van der Waals surface area contributed by atoms with Crippen molar-refractivity contribution in [3.63, 3.8) is 0 Å². The maximum absolute atomic E-state index is 8.89. The number of carbonyl (C=O) groups excluding carboxylic acids is 1. The van der Waals surface area contributed by atoms with Crippen LogP contribution in [-0.4, -0.2) is 19.2 Å². The van der Waals surface area contributed by atoms with E-state index in [9.17, 15) is 0 Å². The van der Waals surface area contributed by atoms with Crippen molar-refractivity contribution < 1.29 is 49.2 Å². The fourth-order valence-electron chi connectivity index (χ4n) is 1.50. The smallest absolute Gasteiger partial charge is 0.550 e. The van der Waals surface area contributed by atoms with E-state index < -0.39 is 5.97 Å². The van der Waals surface area contributed by atoms with Crippen LogP contribution in [0.2, 0.25) is 0 Å². The van der Waals surface area contributed by atoms with E-state index >= 15 is 0 Å². The van der Waals surface area contributed by atoms with Crippen LogP contribution in [0.5, 0.6) is 0 Å².